The van der Waals surface area contributed by atoms with Gasteiger partial charge in [-0.15, -0.1) is 0 Å². The van der Waals surface area contributed by atoms with E-state index in [1.165, 1.54) is 7.11 Å². The lowest BCUT2D eigenvalue weighted by atomic mass is 10.1. The van der Waals surface area contributed by atoms with Crippen LogP contribution >= 0.6 is 12.1 Å². The SMILES string of the molecule is COc1cc(C(=O)O)c(F)cc1C(=O)NSN1CCCC1. The van der Waals surface area contributed by atoms with Crippen molar-refractivity contribution in [1.82, 2.24) is 9.03 Å². The molecule has 1 aromatic rings. The van der Waals surface area contributed by atoms with Gasteiger partial charge in [0.25, 0.3) is 5.91 Å². The molecular formula is C13H15FN2O4S. The third-order valence-electron chi connectivity index (χ3n) is 3.10. The molecule has 0 radical (unpaired) electrons. The number of carbonyl (C=O) groups is 2. The lowest BCUT2D eigenvalue weighted by Crippen LogP contribution is -2.24. The molecule has 1 fully saturated rings. The highest BCUT2D eigenvalue weighted by atomic mass is 32.2. The Morgan fingerprint density at radius 2 is 2.00 bits per heavy atom. The van der Waals surface area contributed by atoms with Crippen molar-refractivity contribution in [2.24, 2.45) is 0 Å². The van der Waals surface area contributed by atoms with Gasteiger partial charge in [-0.05, 0) is 25.0 Å². The molecule has 2 rings (SSSR count). The highest BCUT2D eigenvalue weighted by Crippen LogP contribution is 2.24. The molecule has 0 bridgehead atoms. The molecule has 6 nitrogen and oxygen atoms in total. The summed E-state index contributed by atoms with van der Waals surface area (Å²) in [4.78, 5) is 22.9. The fraction of sp³-hybridized carbons (Fsp3) is 0.385. The fourth-order valence-electron chi connectivity index (χ4n) is 2.00. The highest BCUT2D eigenvalue weighted by Gasteiger charge is 2.21. The Kier molecular flexibility index (Phi) is 5.03. The van der Waals surface area contributed by atoms with Crippen LogP contribution in [-0.2, 0) is 0 Å². The molecule has 1 heterocycles. The Morgan fingerprint density at radius 3 is 2.57 bits per heavy atom. The van der Waals surface area contributed by atoms with E-state index in [0.29, 0.717) is 0 Å². The molecule has 1 aliphatic heterocycles. The minimum absolute atomic E-state index is 0.0216. The summed E-state index contributed by atoms with van der Waals surface area (Å²) in [6.07, 6.45) is 2.16. The number of nitrogens with zero attached hydrogens (tertiary/aromatic N) is 1. The monoisotopic (exact) mass is 314 g/mol. The molecule has 21 heavy (non-hydrogen) atoms. The number of hydrogen-bond donors (Lipinski definition) is 2. The van der Waals surface area contributed by atoms with E-state index in [2.05, 4.69) is 4.72 Å². The van der Waals surface area contributed by atoms with Gasteiger partial charge in [0.2, 0.25) is 0 Å². The van der Waals surface area contributed by atoms with Gasteiger partial charge in [0.1, 0.15) is 11.6 Å². The van der Waals surface area contributed by atoms with Gasteiger partial charge < -0.3 is 9.84 Å². The maximum atomic E-state index is 13.7. The number of aromatic carboxylic acids is 1. The smallest absolute Gasteiger partial charge is 0.338 e. The first kappa shape index (κ1) is 15.6. The summed E-state index contributed by atoms with van der Waals surface area (Å²) in [7, 11) is 1.29. The van der Waals surface area contributed by atoms with Crippen molar-refractivity contribution in [1.29, 1.82) is 0 Å². The third kappa shape index (κ3) is 3.64. The number of nitrogens with one attached hydrogen (secondary N) is 1. The van der Waals surface area contributed by atoms with Crippen LogP contribution in [0.1, 0.15) is 33.6 Å². The molecule has 0 spiro atoms. The topological polar surface area (TPSA) is 78.9 Å². The Labute approximate surface area is 125 Å². The van der Waals surface area contributed by atoms with Gasteiger partial charge in [-0.3, -0.25) is 9.52 Å². The van der Waals surface area contributed by atoms with Gasteiger partial charge in [0, 0.05) is 25.2 Å². The van der Waals surface area contributed by atoms with Crippen molar-refractivity contribution < 1.29 is 23.8 Å². The second-order valence-electron chi connectivity index (χ2n) is 4.50. The first-order valence-electron chi connectivity index (χ1n) is 6.36. The molecule has 2 N–H and O–H groups in total. The van der Waals surface area contributed by atoms with Crippen LogP contribution in [0.15, 0.2) is 12.1 Å². The van der Waals surface area contributed by atoms with E-state index in [0.717, 1.165) is 50.2 Å². The Hall–Kier alpha value is -1.80. The average molecular weight is 314 g/mol. The van der Waals surface area contributed by atoms with Gasteiger partial charge in [-0.2, -0.15) is 0 Å². The van der Waals surface area contributed by atoms with Gasteiger partial charge in [0.15, 0.2) is 0 Å². The zero-order chi connectivity index (χ0) is 15.4. The predicted octanol–water partition coefficient (Wildman–Crippen LogP) is 1.92. The molecule has 1 aromatic carbocycles. The fourth-order valence-corrected chi connectivity index (χ4v) is 2.77. The molecule has 114 valence electrons. The summed E-state index contributed by atoms with van der Waals surface area (Å²) in [5.74, 6) is -2.89. The minimum atomic E-state index is -1.41. The number of carboxylic acid groups (broad SMARTS) is 1. The maximum Gasteiger partial charge on any atom is 0.338 e. The number of rotatable bonds is 5. The van der Waals surface area contributed by atoms with Crippen LogP contribution in [-0.4, -0.2) is 41.5 Å². The van der Waals surface area contributed by atoms with E-state index in [1.54, 1.807) is 0 Å². The number of carbonyl (C=O) groups excluding carboxylic acids is 1. The number of hydrogen-bond acceptors (Lipinski definition) is 5. The van der Waals surface area contributed by atoms with Crippen molar-refractivity contribution >= 4 is 24.0 Å². The summed E-state index contributed by atoms with van der Waals surface area (Å²) in [5, 5.41) is 8.86. The van der Waals surface area contributed by atoms with E-state index in [4.69, 9.17) is 9.84 Å². The normalized spacial score (nSPS) is 15.0. The Morgan fingerprint density at radius 1 is 1.33 bits per heavy atom. The van der Waals surface area contributed by atoms with Crippen molar-refractivity contribution in [3.63, 3.8) is 0 Å². The molecule has 0 unspecified atom stereocenters. The average Bonchev–Trinajstić information content (AvgIpc) is 2.97. The lowest BCUT2D eigenvalue weighted by Gasteiger charge is -2.14. The van der Waals surface area contributed by atoms with Crippen molar-refractivity contribution in [2.75, 3.05) is 20.2 Å². The van der Waals surface area contributed by atoms with Crippen molar-refractivity contribution in [3.05, 3.63) is 29.1 Å². The summed E-state index contributed by atoms with van der Waals surface area (Å²) in [5.41, 5.74) is -0.567. The number of benzene rings is 1. The quantitative estimate of drug-likeness (QED) is 0.809. The number of halogens is 1. The van der Waals surface area contributed by atoms with Gasteiger partial charge in [0.05, 0.1) is 18.2 Å². The third-order valence-corrected chi connectivity index (χ3v) is 4.00. The number of carboxylic acids is 1. The summed E-state index contributed by atoms with van der Waals surface area (Å²) in [6.45, 7) is 1.77. The van der Waals surface area contributed by atoms with Crippen molar-refractivity contribution in [2.45, 2.75) is 12.8 Å². The van der Waals surface area contributed by atoms with Crippen LogP contribution in [0.3, 0.4) is 0 Å². The van der Waals surface area contributed by atoms with Crippen LogP contribution < -0.4 is 9.46 Å². The van der Waals surface area contributed by atoms with E-state index in [-0.39, 0.29) is 11.3 Å². The molecule has 0 aliphatic carbocycles. The van der Waals surface area contributed by atoms with Crippen LogP contribution in [0, 0.1) is 5.82 Å². The minimum Gasteiger partial charge on any atom is -0.496 e. The van der Waals surface area contributed by atoms with Crippen LogP contribution in [0.4, 0.5) is 4.39 Å². The lowest BCUT2D eigenvalue weighted by molar-refractivity contribution is 0.0690. The zero-order valence-corrected chi connectivity index (χ0v) is 12.2. The first-order chi connectivity index (χ1) is 10.0. The van der Waals surface area contributed by atoms with Crippen LogP contribution in [0.5, 0.6) is 5.75 Å². The molecule has 0 saturated carbocycles. The second kappa shape index (κ2) is 6.77. The molecule has 8 heteroatoms. The summed E-state index contributed by atoms with van der Waals surface area (Å²) >= 11 is 1.16. The van der Waals surface area contributed by atoms with E-state index < -0.39 is 23.3 Å². The maximum absolute atomic E-state index is 13.7. The number of amides is 1. The van der Waals surface area contributed by atoms with Crippen LogP contribution in [0.2, 0.25) is 0 Å². The van der Waals surface area contributed by atoms with E-state index in [1.807, 2.05) is 4.31 Å². The molecular weight excluding hydrogens is 299 g/mol. The summed E-state index contributed by atoms with van der Waals surface area (Å²) in [6, 6.07) is 1.88. The molecule has 0 atom stereocenters. The highest BCUT2D eigenvalue weighted by molar-refractivity contribution is 7.95. The van der Waals surface area contributed by atoms with Crippen LogP contribution in [0.25, 0.3) is 0 Å². The van der Waals surface area contributed by atoms with E-state index >= 15 is 0 Å². The number of ether oxygens (including phenoxy) is 1. The Balaban J connectivity index is 2.15. The van der Waals surface area contributed by atoms with Gasteiger partial charge >= 0.3 is 5.97 Å². The largest absolute Gasteiger partial charge is 0.496 e. The molecule has 1 saturated heterocycles. The van der Waals surface area contributed by atoms with Crippen molar-refractivity contribution in [3.8, 4) is 5.75 Å². The molecule has 0 aromatic heterocycles. The zero-order valence-electron chi connectivity index (χ0n) is 11.4. The standard InChI is InChI=1S/C13H15FN2O4S/c1-20-11-7-8(13(18)19)10(14)6-9(11)12(17)15-21-16-4-2-3-5-16/h6-7H,2-5H2,1H3,(H,15,17)(H,18,19). The van der Waals surface area contributed by atoms with Gasteiger partial charge in [-0.25, -0.2) is 13.5 Å². The number of methoxy groups -OCH3 is 1. The second-order valence-corrected chi connectivity index (χ2v) is 5.40. The first-order valence-corrected chi connectivity index (χ1v) is 7.13. The van der Waals surface area contributed by atoms with E-state index in [9.17, 15) is 14.0 Å². The Bertz CT molecular complexity index is 561. The van der Waals surface area contributed by atoms with Gasteiger partial charge in [-0.1, -0.05) is 0 Å². The predicted molar refractivity (Wildman–Crippen MR) is 75.8 cm³/mol. The summed E-state index contributed by atoms with van der Waals surface area (Å²) < 4.78 is 23.2. The molecule has 1 amide bonds. The molecule has 1 aliphatic rings.